The van der Waals surface area contributed by atoms with Gasteiger partial charge in [0, 0.05) is 0 Å². The van der Waals surface area contributed by atoms with Crippen LogP contribution in [0.4, 0.5) is 4.79 Å². The second-order valence-corrected chi connectivity index (χ2v) is 9.23. The van der Waals surface area contributed by atoms with Crippen molar-refractivity contribution >= 4 is 6.16 Å². The molecule has 0 radical (unpaired) electrons. The van der Waals surface area contributed by atoms with E-state index in [9.17, 15) is 4.79 Å². The quantitative estimate of drug-likeness (QED) is 0.489. The SMILES string of the molecule is CC(C)(C)OC(=O)OC[C@@H]1O[C@@]1(C)CC[C@H]1O[C@@H]1CC[C@@H]1OC1(C)C. The van der Waals surface area contributed by atoms with Crippen LogP contribution in [0.2, 0.25) is 0 Å². The third kappa shape index (κ3) is 5.31. The average Bonchev–Trinajstić information content (AvgIpc) is 3.36. The first kappa shape index (κ1) is 18.9. The van der Waals surface area contributed by atoms with Crippen molar-refractivity contribution in [1.82, 2.24) is 0 Å². The Morgan fingerprint density at radius 1 is 1.00 bits per heavy atom. The summed E-state index contributed by atoms with van der Waals surface area (Å²) in [6.07, 6.45) is 4.49. The van der Waals surface area contributed by atoms with Crippen molar-refractivity contribution in [2.45, 2.75) is 108 Å². The van der Waals surface area contributed by atoms with Crippen molar-refractivity contribution in [3.05, 3.63) is 0 Å². The fourth-order valence-corrected chi connectivity index (χ4v) is 3.32. The lowest BCUT2D eigenvalue weighted by Crippen LogP contribution is -2.26. The molecule has 144 valence electrons. The third-order valence-electron chi connectivity index (χ3n) is 5.27. The molecule has 25 heavy (non-hydrogen) atoms. The molecule has 0 aromatic carbocycles. The van der Waals surface area contributed by atoms with Gasteiger partial charge in [-0.25, -0.2) is 4.79 Å². The highest BCUT2D eigenvalue weighted by Crippen LogP contribution is 2.45. The summed E-state index contributed by atoms with van der Waals surface area (Å²) in [5.74, 6) is 0. The van der Waals surface area contributed by atoms with Crippen LogP contribution in [0.25, 0.3) is 0 Å². The van der Waals surface area contributed by atoms with Gasteiger partial charge in [-0.2, -0.15) is 0 Å². The zero-order valence-electron chi connectivity index (χ0n) is 16.3. The van der Waals surface area contributed by atoms with Crippen molar-refractivity contribution in [3.8, 4) is 0 Å². The molecular formula is C19H32O6. The molecule has 5 atom stereocenters. The van der Waals surface area contributed by atoms with E-state index in [4.69, 9.17) is 23.7 Å². The van der Waals surface area contributed by atoms with Crippen LogP contribution in [0, 0.1) is 0 Å². The fourth-order valence-electron chi connectivity index (χ4n) is 3.32. The Morgan fingerprint density at radius 2 is 1.64 bits per heavy atom. The summed E-state index contributed by atoms with van der Waals surface area (Å²) >= 11 is 0. The topological polar surface area (TPSA) is 73.1 Å². The highest BCUT2D eigenvalue weighted by molar-refractivity contribution is 5.60. The molecule has 0 aromatic heterocycles. The Hall–Kier alpha value is -0.850. The van der Waals surface area contributed by atoms with Gasteiger partial charge < -0.3 is 23.7 Å². The Balaban J connectivity index is 1.26. The summed E-state index contributed by atoms with van der Waals surface area (Å²) in [7, 11) is 0. The van der Waals surface area contributed by atoms with Crippen LogP contribution >= 0.6 is 0 Å². The number of epoxide rings is 3. The smallest absolute Gasteiger partial charge is 0.431 e. The maximum atomic E-state index is 11.6. The van der Waals surface area contributed by atoms with Crippen molar-refractivity contribution < 1.29 is 28.5 Å². The highest BCUT2D eigenvalue weighted by Gasteiger charge is 2.54. The van der Waals surface area contributed by atoms with E-state index in [1.54, 1.807) is 0 Å². The van der Waals surface area contributed by atoms with Gasteiger partial charge in [0.05, 0.1) is 29.5 Å². The maximum Gasteiger partial charge on any atom is 0.508 e. The predicted octanol–water partition coefficient (Wildman–Crippen LogP) is 3.60. The van der Waals surface area contributed by atoms with E-state index in [0.29, 0.717) is 18.3 Å². The molecule has 0 amide bonds. The normalized spacial score (nSPS) is 38.2. The van der Waals surface area contributed by atoms with Gasteiger partial charge in [0.15, 0.2) is 0 Å². The zero-order chi connectivity index (χ0) is 18.5. The van der Waals surface area contributed by atoms with Crippen LogP contribution < -0.4 is 0 Å². The van der Waals surface area contributed by atoms with E-state index < -0.39 is 11.8 Å². The molecule has 3 aliphatic heterocycles. The van der Waals surface area contributed by atoms with Crippen LogP contribution in [0.5, 0.6) is 0 Å². The lowest BCUT2D eigenvalue weighted by molar-refractivity contribution is -0.00949. The highest BCUT2D eigenvalue weighted by atomic mass is 16.7. The molecule has 3 heterocycles. The van der Waals surface area contributed by atoms with E-state index in [-0.39, 0.29) is 23.9 Å². The Bertz CT molecular complexity index is 511. The summed E-state index contributed by atoms with van der Waals surface area (Å²) in [5.41, 5.74) is -0.676. The number of hydrogen-bond donors (Lipinski definition) is 0. The summed E-state index contributed by atoms with van der Waals surface area (Å²) in [5, 5.41) is 0. The van der Waals surface area contributed by atoms with Gasteiger partial charge >= 0.3 is 6.16 Å². The van der Waals surface area contributed by atoms with E-state index in [1.165, 1.54) is 0 Å². The molecule has 0 aliphatic carbocycles. The summed E-state index contributed by atoms with van der Waals surface area (Å²) < 4.78 is 27.4. The molecule has 0 N–H and O–H groups in total. The number of carbonyl (C=O) groups is 1. The predicted molar refractivity (Wildman–Crippen MR) is 91.5 cm³/mol. The van der Waals surface area contributed by atoms with E-state index in [2.05, 4.69) is 20.8 Å². The first-order valence-corrected chi connectivity index (χ1v) is 9.35. The molecule has 0 saturated carbocycles. The number of ether oxygens (including phenoxy) is 5. The van der Waals surface area contributed by atoms with Crippen molar-refractivity contribution in [2.75, 3.05) is 6.61 Å². The molecule has 0 bridgehead atoms. The second kappa shape index (κ2) is 6.39. The molecule has 0 unspecified atom stereocenters. The first-order valence-electron chi connectivity index (χ1n) is 9.35. The third-order valence-corrected chi connectivity index (χ3v) is 5.27. The van der Waals surface area contributed by atoms with E-state index >= 15 is 0 Å². The summed E-state index contributed by atoms with van der Waals surface area (Å²) in [6, 6.07) is 0. The molecule has 6 nitrogen and oxygen atoms in total. The Kier molecular flexibility index (Phi) is 4.84. The second-order valence-electron chi connectivity index (χ2n) is 9.23. The minimum atomic E-state index is -0.638. The van der Waals surface area contributed by atoms with Crippen molar-refractivity contribution in [1.29, 1.82) is 0 Å². The van der Waals surface area contributed by atoms with Crippen LogP contribution in [-0.2, 0) is 23.7 Å². The van der Waals surface area contributed by atoms with Crippen molar-refractivity contribution in [3.63, 3.8) is 0 Å². The van der Waals surface area contributed by atoms with Gasteiger partial charge in [-0.15, -0.1) is 0 Å². The number of carbonyl (C=O) groups excluding carboxylic acids is 1. The lowest BCUT2D eigenvalue weighted by atomic mass is 9.98. The van der Waals surface area contributed by atoms with Gasteiger partial charge in [0.2, 0.25) is 0 Å². The minimum absolute atomic E-state index is 0.0436. The van der Waals surface area contributed by atoms with Crippen molar-refractivity contribution in [2.24, 2.45) is 0 Å². The van der Waals surface area contributed by atoms with E-state index in [1.807, 2.05) is 20.8 Å². The maximum absolute atomic E-state index is 11.6. The summed E-state index contributed by atoms with van der Waals surface area (Å²) in [6.45, 7) is 12.0. The van der Waals surface area contributed by atoms with Crippen LogP contribution in [0.15, 0.2) is 0 Å². The minimum Gasteiger partial charge on any atom is -0.431 e. The van der Waals surface area contributed by atoms with Gasteiger partial charge in [-0.3, -0.25) is 0 Å². The molecule has 0 aromatic rings. The number of rotatable bonds is 8. The van der Waals surface area contributed by atoms with Gasteiger partial charge in [0.1, 0.15) is 18.3 Å². The molecule has 3 fully saturated rings. The molecule has 6 heteroatoms. The Morgan fingerprint density at radius 3 is 2.24 bits per heavy atom. The summed E-state index contributed by atoms with van der Waals surface area (Å²) in [4.78, 5) is 11.6. The molecular weight excluding hydrogens is 324 g/mol. The standard InChI is InChI=1S/C19H32O6/c1-17(2,3)25-16(20)21-11-15-19(6,24-15)10-9-13-12(22-13)7-8-14-18(4,5)23-14/h12-15H,7-11H2,1-6H3/t12-,13-,14+,15+,19+/m1/s1. The zero-order valence-corrected chi connectivity index (χ0v) is 16.3. The number of hydrogen-bond acceptors (Lipinski definition) is 6. The largest absolute Gasteiger partial charge is 0.508 e. The van der Waals surface area contributed by atoms with Gasteiger partial charge in [-0.1, -0.05) is 0 Å². The van der Waals surface area contributed by atoms with Gasteiger partial charge in [-0.05, 0) is 67.2 Å². The van der Waals surface area contributed by atoms with Crippen LogP contribution in [-0.4, -0.2) is 54.0 Å². The fraction of sp³-hybridized carbons (Fsp3) is 0.947. The molecule has 0 spiro atoms. The molecule has 3 saturated heterocycles. The van der Waals surface area contributed by atoms with Crippen LogP contribution in [0.1, 0.15) is 67.2 Å². The first-order chi connectivity index (χ1) is 11.5. The monoisotopic (exact) mass is 356 g/mol. The average molecular weight is 356 g/mol. The lowest BCUT2D eigenvalue weighted by Gasteiger charge is -2.18. The van der Waals surface area contributed by atoms with Gasteiger partial charge in [0.25, 0.3) is 0 Å². The molecule has 3 aliphatic rings. The molecule has 3 rings (SSSR count). The Labute approximate surface area is 150 Å². The van der Waals surface area contributed by atoms with E-state index in [0.717, 1.165) is 25.7 Å². The van der Waals surface area contributed by atoms with Crippen LogP contribution in [0.3, 0.4) is 0 Å².